The Hall–Kier alpha value is -2.66. The Kier molecular flexibility index (Phi) is 4.97. The van der Waals surface area contributed by atoms with Gasteiger partial charge < -0.3 is 14.6 Å². The fourth-order valence-corrected chi connectivity index (χ4v) is 4.88. The Balaban J connectivity index is 1.95. The van der Waals surface area contributed by atoms with Crippen LogP contribution in [0.2, 0.25) is 0 Å². The highest BCUT2D eigenvalue weighted by Crippen LogP contribution is 2.53. The molecule has 158 valence electrons. The van der Waals surface area contributed by atoms with Crippen molar-refractivity contribution in [3.05, 3.63) is 70.6 Å². The number of carbonyl (C=O) groups excluding carboxylic acids is 2. The lowest BCUT2D eigenvalue weighted by atomic mass is 9.61. The van der Waals surface area contributed by atoms with Gasteiger partial charge in [-0.15, -0.1) is 0 Å². The van der Waals surface area contributed by atoms with Crippen LogP contribution in [0, 0.1) is 11.3 Å². The molecule has 1 N–H and O–H groups in total. The van der Waals surface area contributed by atoms with Gasteiger partial charge in [0.1, 0.15) is 17.9 Å². The van der Waals surface area contributed by atoms with Gasteiger partial charge in [-0.05, 0) is 50.8 Å². The summed E-state index contributed by atoms with van der Waals surface area (Å²) < 4.78 is 11.7. The molecule has 1 fully saturated rings. The smallest absolute Gasteiger partial charge is 0.346 e. The van der Waals surface area contributed by atoms with E-state index in [2.05, 4.69) is 13.0 Å². The van der Waals surface area contributed by atoms with Crippen molar-refractivity contribution in [1.29, 1.82) is 0 Å². The van der Waals surface area contributed by atoms with Crippen LogP contribution in [0.4, 0.5) is 0 Å². The first-order chi connectivity index (χ1) is 14.1. The van der Waals surface area contributed by atoms with E-state index in [0.717, 1.165) is 16.7 Å². The maximum Gasteiger partial charge on any atom is 0.346 e. The third-order valence-electron chi connectivity index (χ3n) is 6.62. The molecule has 2 aliphatic carbocycles. The Labute approximate surface area is 177 Å². The summed E-state index contributed by atoms with van der Waals surface area (Å²) in [7, 11) is 0. The zero-order valence-corrected chi connectivity index (χ0v) is 17.9. The normalized spacial score (nSPS) is 40.8. The fourth-order valence-electron chi connectivity index (χ4n) is 4.88. The number of Topliss-reactive ketones (excluding diaryl/α,β-unsaturated/α-hetero) is 1. The molecule has 4 atom stereocenters. The number of rotatable bonds is 0. The van der Waals surface area contributed by atoms with E-state index in [9.17, 15) is 14.7 Å². The second-order valence-corrected chi connectivity index (χ2v) is 9.02. The summed E-state index contributed by atoms with van der Waals surface area (Å²) in [6.07, 6.45) is 13.3. The van der Waals surface area contributed by atoms with Gasteiger partial charge in [0.05, 0.1) is 11.5 Å². The van der Waals surface area contributed by atoms with Crippen LogP contribution in [0.25, 0.3) is 0 Å². The standard InChI is InChI=1S/C25H28O5/c1-15-6-5-7-19(26)10-18-8-9-20(29-14-18)21-22(27)25(30-23(21)28)13-17(3)16(2)12-24(25,4)11-15/h5-6,8-12,17,19,26H,7,13-14H2,1-4H3/b6-5-,15-11-,18-10+,21-20?/t17-,19+,24+,25-/m0/s1. The van der Waals surface area contributed by atoms with Gasteiger partial charge in [0.15, 0.2) is 5.60 Å². The molecule has 5 rings (SSSR count). The Morgan fingerprint density at radius 2 is 1.90 bits per heavy atom. The largest absolute Gasteiger partial charge is 0.488 e. The zero-order chi connectivity index (χ0) is 21.7. The first-order valence-electron chi connectivity index (χ1n) is 10.4. The molecule has 0 aromatic rings. The molecule has 30 heavy (non-hydrogen) atoms. The number of carbonyl (C=O) groups is 2. The summed E-state index contributed by atoms with van der Waals surface area (Å²) in [5.74, 6) is -0.603. The lowest BCUT2D eigenvalue weighted by Gasteiger charge is -2.45. The first-order valence-corrected chi connectivity index (χ1v) is 10.4. The van der Waals surface area contributed by atoms with Crippen molar-refractivity contribution in [2.24, 2.45) is 11.3 Å². The predicted molar refractivity (Wildman–Crippen MR) is 113 cm³/mol. The van der Waals surface area contributed by atoms with Gasteiger partial charge in [0.2, 0.25) is 5.78 Å². The van der Waals surface area contributed by atoms with E-state index in [1.807, 2.05) is 39.0 Å². The molecule has 0 aromatic heterocycles. The molecule has 0 unspecified atom stereocenters. The number of aliphatic hydroxyl groups is 1. The minimum Gasteiger partial charge on any atom is -0.488 e. The van der Waals surface area contributed by atoms with Crippen LogP contribution in [-0.2, 0) is 19.1 Å². The van der Waals surface area contributed by atoms with Crippen molar-refractivity contribution < 1.29 is 24.2 Å². The van der Waals surface area contributed by atoms with E-state index in [0.29, 0.717) is 12.8 Å². The van der Waals surface area contributed by atoms with Crippen LogP contribution in [0.1, 0.15) is 40.5 Å². The molecular formula is C25H28O5. The second kappa shape index (κ2) is 7.24. The van der Waals surface area contributed by atoms with Crippen LogP contribution in [0.3, 0.4) is 0 Å². The number of ether oxygens (including phenoxy) is 2. The highest BCUT2D eigenvalue weighted by Gasteiger charge is 2.64. The van der Waals surface area contributed by atoms with Crippen molar-refractivity contribution >= 4 is 11.8 Å². The van der Waals surface area contributed by atoms with Crippen molar-refractivity contribution in [2.45, 2.75) is 52.2 Å². The maximum atomic E-state index is 13.8. The van der Waals surface area contributed by atoms with Crippen LogP contribution in [-0.4, -0.2) is 35.2 Å². The first kappa shape index (κ1) is 20.6. The van der Waals surface area contributed by atoms with Gasteiger partial charge in [-0.2, -0.15) is 0 Å². The third-order valence-corrected chi connectivity index (χ3v) is 6.62. The topological polar surface area (TPSA) is 72.8 Å². The quantitative estimate of drug-likeness (QED) is 0.374. The summed E-state index contributed by atoms with van der Waals surface area (Å²) in [4.78, 5) is 26.7. The Bertz CT molecular complexity index is 989. The predicted octanol–water partition coefficient (Wildman–Crippen LogP) is 3.88. The number of hydrogen-bond donors (Lipinski definition) is 1. The van der Waals surface area contributed by atoms with Gasteiger partial charge >= 0.3 is 5.97 Å². The Morgan fingerprint density at radius 3 is 2.60 bits per heavy atom. The van der Waals surface area contributed by atoms with Crippen molar-refractivity contribution in [3.63, 3.8) is 0 Å². The molecule has 1 saturated heterocycles. The molecule has 0 saturated carbocycles. The van der Waals surface area contributed by atoms with Crippen molar-refractivity contribution in [2.75, 3.05) is 6.61 Å². The van der Waals surface area contributed by atoms with Crippen LogP contribution < -0.4 is 0 Å². The van der Waals surface area contributed by atoms with Crippen molar-refractivity contribution in [1.82, 2.24) is 0 Å². The molecule has 3 aliphatic heterocycles. The van der Waals surface area contributed by atoms with E-state index < -0.39 is 23.1 Å². The van der Waals surface area contributed by atoms with Gasteiger partial charge in [-0.1, -0.05) is 48.5 Å². The second-order valence-electron chi connectivity index (χ2n) is 9.02. The number of aliphatic hydroxyl groups excluding tert-OH is 1. The van der Waals surface area contributed by atoms with Crippen LogP contribution in [0.5, 0.6) is 0 Å². The zero-order valence-electron chi connectivity index (χ0n) is 17.9. The van der Waals surface area contributed by atoms with Gasteiger partial charge in [0, 0.05) is 6.42 Å². The van der Waals surface area contributed by atoms with E-state index >= 15 is 0 Å². The minimum absolute atomic E-state index is 0.0197. The molecule has 5 nitrogen and oxygen atoms in total. The number of esters is 1. The average Bonchev–Trinajstić information content (AvgIpc) is 2.91. The Morgan fingerprint density at radius 1 is 1.13 bits per heavy atom. The van der Waals surface area contributed by atoms with E-state index in [1.165, 1.54) is 0 Å². The molecule has 1 spiro atoms. The van der Waals surface area contributed by atoms with Gasteiger partial charge in [-0.3, -0.25) is 4.79 Å². The lowest BCUT2D eigenvalue weighted by molar-refractivity contribution is -0.162. The molecule has 3 heterocycles. The number of fused-ring (bicyclic) bond motifs is 5. The van der Waals surface area contributed by atoms with Gasteiger partial charge in [-0.25, -0.2) is 4.79 Å². The maximum absolute atomic E-state index is 13.8. The molecular weight excluding hydrogens is 380 g/mol. The van der Waals surface area contributed by atoms with Gasteiger partial charge in [0.25, 0.3) is 0 Å². The van der Waals surface area contributed by atoms with E-state index in [4.69, 9.17) is 9.47 Å². The molecule has 0 aromatic carbocycles. The summed E-state index contributed by atoms with van der Waals surface area (Å²) in [6, 6.07) is 0. The monoisotopic (exact) mass is 408 g/mol. The molecule has 5 heteroatoms. The fraction of sp³-hybridized carbons (Fsp3) is 0.440. The van der Waals surface area contributed by atoms with Crippen molar-refractivity contribution in [3.8, 4) is 0 Å². The van der Waals surface area contributed by atoms with Crippen LogP contribution in [0.15, 0.2) is 70.6 Å². The minimum atomic E-state index is -1.30. The summed E-state index contributed by atoms with van der Waals surface area (Å²) in [5.41, 5.74) is 0.782. The molecule has 5 aliphatic rings. The number of ketones is 1. The highest BCUT2D eigenvalue weighted by molar-refractivity contribution is 6.26. The SMILES string of the molecule is CC1=C[C@@]2(C)/C=C(C)\C=C/C[C@@H](O)/C=C3\C=CC(=C4C(=O)O[C@@]2(C[C@@H]1C)C4=O)OC3. The number of hydrogen-bond acceptors (Lipinski definition) is 5. The average molecular weight is 408 g/mol. The van der Waals surface area contributed by atoms with Crippen LogP contribution >= 0.6 is 0 Å². The third kappa shape index (κ3) is 3.21. The highest BCUT2D eigenvalue weighted by atomic mass is 16.6. The molecule has 0 amide bonds. The molecule has 4 bridgehead atoms. The lowest BCUT2D eigenvalue weighted by Crippen LogP contribution is -2.53. The van der Waals surface area contributed by atoms with E-state index in [-0.39, 0.29) is 29.6 Å². The summed E-state index contributed by atoms with van der Waals surface area (Å²) >= 11 is 0. The van der Waals surface area contributed by atoms with E-state index in [1.54, 1.807) is 18.2 Å². The summed E-state index contributed by atoms with van der Waals surface area (Å²) in [5, 5.41) is 10.3. The molecule has 0 radical (unpaired) electrons. The summed E-state index contributed by atoms with van der Waals surface area (Å²) in [6.45, 7) is 8.19. The number of allylic oxidation sites excluding steroid dienone is 4.